The number of carbonyl (C=O) groups excluding carboxylic acids is 1. The van der Waals surface area contributed by atoms with E-state index in [1.165, 1.54) is 0 Å². The molecule has 2 aromatic heterocycles. The summed E-state index contributed by atoms with van der Waals surface area (Å²) in [6.07, 6.45) is 8.66. The third-order valence-electron chi connectivity index (χ3n) is 6.07. The van der Waals surface area contributed by atoms with E-state index in [0.29, 0.717) is 10.5 Å². The van der Waals surface area contributed by atoms with Crippen LogP contribution in [0.1, 0.15) is 47.2 Å². The van der Waals surface area contributed by atoms with Crippen LogP contribution in [0.5, 0.6) is 0 Å². The monoisotopic (exact) mass is 470 g/mol. The van der Waals surface area contributed by atoms with Crippen LogP contribution in [0.15, 0.2) is 71.8 Å². The van der Waals surface area contributed by atoms with E-state index in [1.807, 2.05) is 71.4 Å². The van der Waals surface area contributed by atoms with Crippen LogP contribution in [0.3, 0.4) is 0 Å². The number of anilines is 1. The second-order valence-corrected chi connectivity index (χ2v) is 8.80. The fraction of sp³-hybridized carbons (Fsp3) is 0.222. The first-order valence-electron chi connectivity index (χ1n) is 11.4. The molecule has 1 aliphatic heterocycles. The van der Waals surface area contributed by atoms with Crippen molar-refractivity contribution in [3.8, 4) is 0 Å². The van der Waals surface area contributed by atoms with E-state index < -0.39 is 0 Å². The summed E-state index contributed by atoms with van der Waals surface area (Å²) in [7, 11) is 1.78. The van der Waals surface area contributed by atoms with Crippen LogP contribution in [0.25, 0.3) is 23.1 Å². The molecule has 0 radical (unpaired) electrons. The smallest absolute Gasteiger partial charge is 0.259 e. The molecule has 3 heterocycles. The number of carbonyl (C=O) groups is 1. The molecule has 172 valence electrons. The largest absolute Gasteiger partial charge is 0.356 e. The highest BCUT2D eigenvalue weighted by Crippen LogP contribution is 2.32. The van der Waals surface area contributed by atoms with Crippen LogP contribution >= 0.6 is 12.6 Å². The summed E-state index contributed by atoms with van der Waals surface area (Å²) in [5.74, 6) is -0.111. The number of fused-ring (bicyclic) bond motifs is 1. The first-order valence-corrected chi connectivity index (χ1v) is 11.9. The Morgan fingerprint density at radius 1 is 1.12 bits per heavy atom. The van der Waals surface area contributed by atoms with E-state index in [-0.39, 0.29) is 12.1 Å². The van der Waals surface area contributed by atoms with Crippen molar-refractivity contribution < 1.29 is 9.53 Å². The molecular formula is C27H26N4O2S. The SMILES string of the molecule is CN(C(=O)c1ccccc1S)c1ccc2c(/C=C/c3ccccn3)nn(C3CCCCO3)c2c1. The van der Waals surface area contributed by atoms with E-state index in [4.69, 9.17) is 9.84 Å². The molecule has 6 nitrogen and oxygen atoms in total. The van der Waals surface area contributed by atoms with Crippen molar-refractivity contribution in [3.63, 3.8) is 0 Å². The Labute approximate surface area is 204 Å². The van der Waals surface area contributed by atoms with E-state index in [0.717, 1.165) is 53.8 Å². The van der Waals surface area contributed by atoms with Crippen LogP contribution < -0.4 is 4.90 Å². The number of amides is 1. The van der Waals surface area contributed by atoms with Gasteiger partial charge in [0.05, 0.1) is 22.5 Å². The summed E-state index contributed by atoms with van der Waals surface area (Å²) in [5.41, 5.74) is 3.99. The Morgan fingerprint density at radius 2 is 1.97 bits per heavy atom. The van der Waals surface area contributed by atoms with Gasteiger partial charge in [-0.15, -0.1) is 12.6 Å². The molecule has 1 amide bonds. The number of hydrogen-bond donors (Lipinski definition) is 1. The molecule has 5 rings (SSSR count). The standard InChI is InChI=1S/C27H26N4O2S/c1-30(27(32)22-9-2-3-10-25(22)34)20-13-14-21-23(15-12-19-8-4-6-16-28-19)29-31(24(21)18-20)26-11-5-7-17-33-26/h2-4,6,8-10,12-16,18,26,34H,5,7,11,17H2,1H3/b15-12+. The first-order chi connectivity index (χ1) is 16.6. The van der Waals surface area contributed by atoms with Gasteiger partial charge in [0, 0.05) is 35.8 Å². The normalized spacial score (nSPS) is 16.2. The highest BCUT2D eigenvalue weighted by Gasteiger charge is 2.22. The molecule has 34 heavy (non-hydrogen) atoms. The molecular weight excluding hydrogens is 444 g/mol. The predicted molar refractivity (Wildman–Crippen MR) is 138 cm³/mol. The number of aromatic nitrogens is 3. The van der Waals surface area contributed by atoms with Crippen molar-refractivity contribution in [2.45, 2.75) is 30.4 Å². The number of nitrogens with zero attached hydrogens (tertiary/aromatic N) is 4. The quantitative estimate of drug-likeness (QED) is 0.371. The minimum atomic E-state index is -0.123. The number of rotatable bonds is 5. The summed E-state index contributed by atoms with van der Waals surface area (Å²) in [4.78, 5) is 19.8. The summed E-state index contributed by atoms with van der Waals surface area (Å²) < 4.78 is 8.01. The van der Waals surface area contributed by atoms with Crippen molar-refractivity contribution >= 4 is 47.3 Å². The lowest BCUT2D eigenvalue weighted by atomic mass is 10.1. The molecule has 1 aliphatic rings. The zero-order chi connectivity index (χ0) is 23.5. The Morgan fingerprint density at radius 3 is 2.74 bits per heavy atom. The second kappa shape index (κ2) is 9.83. The minimum Gasteiger partial charge on any atom is -0.356 e. The Bertz CT molecular complexity index is 1340. The van der Waals surface area contributed by atoms with Crippen LogP contribution in [0.4, 0.5) is 5.69 Å². The van der Waals surface area contributed by atoms with Gasteiger partial charge in [0.1, 0.15) is 0 Å². The number of hydrogen-bond acceptors (Lipinski definition) is 5. The molecule has 1 saturated heterocycles. The number of benzene rings is 2. The molecule has 4 aromatic rings. The van der Waals surface area contributed by atoms with Gasteiger partial charge in [-0.3, -0.25) is 9.78 Å². The zero-order valence-electron chi connectivity index (χ0n) is 19.0. The first kappa shape index (κ1) is 22.4. The van der Waals surface area contributed by atoms with E-state index in [1.54, 1.807) is 24.2 Å². The maximum absolute atomic E-state index is 13.2. The number of pyridine rings is 1. The van der Waals surface area contributed by atoms with Gasteiger partial charge in [-0.25, -0.2) is 4.68 Å². The number of thiol groups is 1. The molecule has 7 heteroatoms. The Kier molecular flexibility index (Phi) is 6.47. The molecule has 0 N–H and O–H groups in total. The number of ether oxygens (including phenoxy) is 1. The molecule has 1 atom stereocenters. The van der Waals surface area contributed by atoms with Gasteiger partial charge >= 0.3 is 0 Å². The van der Waals surface area contributed by atoms with Crippen LogP contribution in [-0.2, 0) is 4.74 Å². The van der Waals surface area contributed by atoms with Crippen molar-refractivity contribution in [3.05, 3.63) is 83.8 Å². The fourth-order valence-corrected chi connectivity index (χ4v) is 4.47. The molecule has 0 aliphatic carbocycles. The van der Waals surface area contributed by atoms with E-state index in [9.17, 15) is 4.79 Å². The van der Waals surface area contributed by atoms with Crippen LogP contribution in [-0.4, -0.2) is 34.3 Å². The topological polar surface area (TPSA) is 60.2 Å². The summed E-state index contributed by atoms with van der Waals surface area (Å²) in [5, 5.41) is 5.91. The lowest BCUT2D eigenvalue weighted by Crippen LogP contribution is -2.26. The second-order valence-electron chi connectivity index (χ2n) is 8.32. The molecule has 0 bridgehead atoms. The highest BCUT2D eigenvalue weighted by atomic mass is 32.1. The third-order valence-corrected chi connectivity index (χ3v) is 6.46. The maximum atomic E-state index is 13.2. The van der Waals surface area contributed by atoms with Crippen LogP contribution in [0, 0.1) is 0 Å². The van der Waals surface area contributed by atoms with Gasteiger partial charge in [0.25, 0.3) is 5.91 Å². The average Bonchev–Trinajstić information content (AvgIpc) is 3.26. The molecule has 0 saturated carbocycles. The summed E-state index contributed by atoms with van der Waals surface area (Å²) in [6.45, 7) is 0.724. The lowest BCUT2D eigenvalue weighted by molar-refractivity contribution is -0.0367. The van der Waals surface area contributed by atoms with Crippen LogP contribution in [0.2, 0.25) is 0 Å². The highest BCUT2D eigenvalue weighted by molar-refractivity contribution is 7.80. The van der Waals surface area contributed by atoms with Gasteiger partial charge in [0.2, 0.25) is 0 Å². The van der Waals surface area contributed by atoms with Crippen molar-refractivity contribution in [1.82, 2.24) is 14.8 Å². The average molecular weight is 471 g/mol. The Balaban J connectivity index is 1.55. The fourth-order valence-electron chi connectivity index (χ4n) is 4.21. The zero-order valence-corrected chi connectivity index (χ0v) is 19.9. The van der Waals surface area contributed by atoms with Crippen molar-refractivity contribution in [2.24, 2.45) is 0 Å². The van der Waals surface area contributed by atoms with Gasteiger partial charge in [-0.05, 0) is 73.9 Å². The predicted octanol–water partition coefficient (Wildman–Crippen LogP) is 5.87. The Hall–Kier alpha value is -3.42. The van der Waals surface area contributed by atoms with Gasteiger partial charge in [0.15, 0.2) is 6.23 Å². The van der Waals surface area contributed by atoms with E-state index >= 15 is 0 Å². The summed E-state index contributed by atoms with van der Waals surface area (Å²) >= 11 is 4.45. The molecule has 1 unspecified atom stereocenters. The molecule has 1 fully saturated rings. The van der Waals surface area contributed by atoms with E-state index in [2.05, 4.69) is 17.6 Å². The van der Waals surface area contributed by atoms with Gasteiger partial charge < -0.3 is 9.64 Å². The maximum Gasteiger partial charge on any atom is 0.259 e. The minimum absolute atomic E-state index is 0.111. The van der Waals surface area contributed by atoms with Crippen molar-refractivity contribution in [1.29, 1.82) is 0 Å². The van der Waals surface area contributed by atoms with Gasteiger partial charge in [-0.2, -0.15) is 5.10 Å². The summed E-state index contributed by atoms with van der Waals surface area (Å²) in [6, 6.07) is 19.1. The molecule has 0 spiro atoms. The third kappa shape index (κ3) is 4.49. The molecule has 2 aromatic carbocycles. The lowest BCUT2D eigenvalue weighted by Gasteiger charge is -2.24. The van der Waals surface area contributed by atoms with Gasteiger partial charge in [-0.1, -0.05) is 18.2 Å². The van der Waals surface area contributed by atoms with Crippen molar-refractivity contribution in [2.75, 3.05) is 18.6 Å².